The Morgan fingerprint density at radius 2 is 1.80 bits per heavy atom. The van der Waals surface area contributed by atoms with Crippen molar-refractivity contribution in [3.8, 4) is 0 Å². The Morgan fingerprint density at radius 3 is 2.52 bits per heavy atom. The molecule has 11 heteroatoms. The van der Waals surface area contributed by atoms with E-state index in [-0.39, 0.29) is 23.3 Å². The van der Waals surface area contributed by atoms with Crippen LogP contribution >= 0.6 is 0 Å². The maximum absolute atomic E-state index is 13.3. The van der Waals surface area contributed by atoms with Gasteiger partial charge in [0.25, 0.3) is 6.02 Å². The highest BCUT2D eigenvalue weighted by Crippen LogP contribution is 2.32. The molecule has 11 nitrogen and oxygen atoms in total. The predicted octanol–water partition coefficient (Wildman–Crippen LogP) is 3.37. The summed E-state index contributed by atoms with van der Waals surface area (Å²) in [6.45, 7) is 2.87. The fourth-order valence-electron chi connectivity index (χ4n) is 5.38. The van der Waals surface area contributed by atoms with Gasteiger partial charge in [0.2, 0.25) is 5.91 Å². The number of aliphatic imine (C=N–C) groups is 1. The first-order valence-electron chi connectivity index (χ1n) is 13.5. The highest BCUT2D eigenvalue weighted by atomic mass is 16.6. The Labute approximate surface area is 232 Å². The van der Waals surface area contributed by atoms with Gasteiger partial charge in [0.05, 0.1) is 20.3 Å². The smallest absolute Gasteiger partial charge is 0.340 e. The van der Waals surface area contributed by atoms with Crippen molar-refractivity contribution < 1.29 is 23.7 Å². The summed E-state index contributed by atoms with van der Waals surface area (Å²) in [5.41, 5.74) is 3.40. The Bertz CT molecular complexity index is 1410. The summed E-state index contributed by atoms with van der Waals surface area (Å²) in [7, 11) is 4.39. The number of amides is 1. The van der Waals surface area contributed by atoms with Gasteiger partial charge in [0.1, 0.15) is 16.6 Å². The Hall–Kier alpha value is -4.25. The monoisotopic (exact) mass is 546 g/mol. The van der Waals surface area contributed by atoms with E-state index in [2.05, 4.69) is 55.9 Å². The number of hydrogen-bond acceptors (Lipinski definition) is 10. The zero-order valence-electron chi connectivity index (χ0n) is 23.0. The number of nitrogens with one attached hydrogen (secondary N) is 1. The number of benzene rings is 2. The molecule has 1 unspecified atom stereocenters. The first kappa shape index (κ1) is 27.3. The summed E-state index contributed by atoms with van der Waals surface area (Å²) >= 11 is 0. The molecule has 5 rings (SSSR count). The molecule has 0 saturated carbocycles. The van der Waals surface area contributed by atoms with E-state index in [1.807, 2.05) is 0 Å². The van der Waals surface area contributed by atoms with E-state index in [9.17, 15) is 9.59 Å². The lowest BCUT2D eigenvalue weighted by molar-refractivity contribution is -0.136. The van der Waals surface area contributed by atoms with E-state index in [4.69, 9.17) is 14.1 Å². The van der Waals surface area contributed by atoms with Gasteiger partial charge in [-0.2, -0.15) is 4.99 Å². The number of likely N-dealkylation sites (tertiary alicyclic amines) is 1. The third-order valence-corrected chi connectivity index (χ3v) is 7.63. The summed E-state index contributed by atoms with van der Waals surface area (Å²) in [6.07, 6.45) is 3.26. The maximum Gasteiger partial charge on any atom is 0.340 e. The number of nitrogens with zero attached hydrogens (tertiary/aromatic N) is 5. The van der Waals surface area contributed by atoms with Crippen LogP contribution in [0, 0.1) is 0 Å². The fraction of sp³-hybridized carbons (Fsp3) is 0.414. The van der Waals surface area contributed by atoms with E-state index >= 15 is 0 Å². The number of ether oxygens (including phenoxy) is 2. The average Bonchev–Trinajstić information content (AvgIpc) is 3.48. The number of amidine groups is 1. The molecule has 210 valence electrons. The Morgan fingerprint density at radius 1 is 1.05 bits per heavy atom. The summed E-state index contributed by atoms with van der Waals surface area (Å²) in [5, 5.41) is 10.9. The largest absolute Gasteiger partial charge is 0.468 e. The molecule has 1 saturated heterocycles. The minimum atomic E-state index is -0.697. The van der Waals surface area contributed by atoms with Crippen LogP contribution in [0.2, 0.25) is 0 Å². The molecular weight excluding hydrogens is 512 g/mol. The molecule has 40 heavy (non-hydrogen) atoms. The minimum Gasteiger partial charge on any atom is -0.468 e. The lowest BCUT2D eigenvalue weighted by Gasteiger charge is -2.32. The third-order valence-electron chi connectivity index (χ3n) is 7.63. The van der Waals surface area contributed by atoms with Gasteiger partial charge in [-0.3, -0.25) is 9.69 Å². The molecule has 1 aromatic heterocycles. The predicted molar refractivity (Wildman–Crippen MR) is 148 cm³/mol. The zero-order chi connectivity index (χ0) is 28.1. The summed E-state index contributed by atoms with van der Waals surface area (Å²) in [6, 6.07) is 15.4. The second-order valence-electron chi connectivity index (χ2n) is 10.0. The number of carbonyl (C=O) groups excluding carboxylic acids is 2. The van der Waals surface area contributed by atoms with Crippen LogP contribution in [-0.2, 0) is 19.1 Å². The molecule has 0 radical (unpaired) electrons. The molecular formula is C29H34N6O5. The van der Waals surface area contributed by atoms with Crippen molar-refractivity contribution in [2.75, 3.05) is 40.9 Å². The van der Waals surface area contributed by atoms with Gasteiger partial charge in [-0.15, -0.1) is 0 Å². The third kappa shape index (κ3) is 5.84. The first-order valence-corrected chi connectivity index (χ1v) is 13.5. The SMILES string of the molecule is COC(=O)C1=C(N(C)C(=O)CCCN2CCC(c3ccccc3)CC2)N=C(OC)NC1c1ccc2nonc2c1. The van der Waals surface area contributed by atoms with Crippen molar-refractivity contribution in [3.05, 3.63) is 71.1 Å². The van der Waals surface area contributed by atoms with Crippen LogP contribution in [0.4, 0.5) is 0 Å². The van der Waals surface area contributed by atoms with Crippen LogP contribution in [0.1, 0.15) is 48.8 Å². The van der Waals surface area contributed by atoms with Gasteiger partial charge in [-0.05, 0) is 78.4 Å². The quantitative estimate of drug-likeness (QED) is 0.424. The standard InChI is InChI=1S/C29H34N6O5/c1-34(24(36)10-7-15-35-16-13-20(14-17-35)19-8-5-4-6-9-19)27-25(28(37)38-2)26(30-29(31-27)39-3)21-11-12-22-23(18-21)33-40-32-22/h4-6,8-9,11-12,18,20,26H,7,10,13-17H2,1-3H3,(H,30,31). The molecule has 2 aliphatic rings. The second-order valence-corrected chi connectivity index (χ2v) is 10.0. The molecule has 1 fully saturated rings. The number of piperidine rings is 1. The van der Waals surface area contributed by atoms with Crippen LogP contribution in [-0.4, -0.2) is 78.9 Å². The molecule has 2 aliphatic heterocycles. The van der Waals surface area contributed by atoms with E-state index in [0.717, 1.165) is 32.5 Å². The number of esters is 1. The Kier molecular flexibility index (Phi) is 8.40. The molecule has 1 amide bonds. The first-order chi connectivity index (χ1) is 19.5. The van der Waals surface area contributed by atoms with Crippen molar-refractivity contribution in [3.63, 3.8) is 0 Å². The topological polar surface area (TPSA) is 122 Å². The van der Waals surface area contributed by atoms with Gasteiger partial charge in [-0.25, -0.2) is 9.42 Å². The van der Waals surface area contributed by atoms with Crippen LogP contribution in [0.3, 0.4) is 0 Å². The summed E-state index contributed by atoms with van der Waals surface area (Å²) in [5.74, 6) is 0.0210. The highest BCUT2D eigenvalue weighted by molar-refractivity contribution is 5.95. The minimum absolute atomic E-state index is 0.147. The van der Waals surface area contributed by atoms with E-state index < -0.39 is 12.0 Å². The number of rotatable bonds is 8. The van der Waals surface area contributed by atoms with Crippen LogP contribution in [0.25, 0.3) is 11.0 Å². The van der Waals surface area contributed by atoms with Crippen molar-refractivity contribution in [2.45, 2.75) is 37.6 Å². The highest BCUT2D eigenvalue weighted by Gasteiger charge is 2.35. The van der Waals surface area contributed by atoms with Crippen LogP contribution in [0.5, 0.6) is 0 Å². The summed E-state index contributed by atoms with van der Waals surface area (Å²) in [4.78, 5) is 34.6. The van der Waals surface area contributed by atoms with Gasteiger partial charge < -0.3 is 19.7 Å². The molecule has 1 atom stereocenters. The second kappa shape index (κ2) is 12.3. The molecule has 0 bridgehead atoms. The number of fused-ring (bicyclic) bond motifs is 1. The molecule has 3 heterocycles. The number of hydrogen-bond donors (Lipinski definition) is 1. The van der Waals surface area contributed by atoms with Crippen LogP contribution < -0.4 is 5.32 Å². The van der Waals surface area contributed by atoms with Crippen molar-refractivity contribution in [1.29, 1.82) is 0 Å². The van der Waals surface area contributed by atoms with Gasteiger partial charge in [0, 0.05) is 13.5 Å². The molecule has 3 aromatic rings. The average molecular weight is 547 g/mol. The van der Waals surface area contributed by atoms with Crippen molar-refractivity contribution in [2.24, 2.45) is 4.99 Å². The van der Waals surface area contributed by atoms with E-state index in [0.29, 0.717) is 35.4 Å². The lowest BCUT2D eigenvalue weighted by atomic mass is 9.89. The lowest BCUT2D eigenvalue weighted by Crippen LogP contribution is -2.41. The van der Waals surface area contributed by atoms with E-state index in [1.54, 1.807) is 25.2 Å². The van der Waals surface area contributed by atoms with Gasteiger partial charge in [-0.1, -0.05) is 36.4 Å². The number of carbonyl (C=O) groups is 2. The van der Waals surface area contributed by atoms with Gasteiger partial charge >= 0.3 is 5.97 Å². The number of methoxy groups -OCH3 is 2. The molecule has 2 aromatic carbocycles. The Balaban J connectivity index is 1.27. The molecule has 0 spiro atoms. The molecule has 1 N–H and O–H groups in total. The van der Waals surface area contributed by atoms with Crippen LogP contribution in [0.15, 0.2) is 69.5 Å². The zero-order valence-corrected chi connectivity index (χ0v) is 23.0. The van der Waals surface area contributed by atoms with Crippen molar-refractivity contribution >= 4 is 28.9 Å². The van der Waals surface area contributed by atoms with Crippen molar-refractivity contribution in [1.82, 2.24) is 25.4 Å². The summed E-state index contributed by atoms with van der Waals surface area (Å²) < 4.78 is 15.3. The van der Waals surface area contributed by atoms with Gasteiger partial charge in [0.15, 0.2) is 5.82 Å². The number of aromatic nitrogens is 2. The molecule has 0 aliphatic carbocycles. The van der Waals surface area contributed by atoms with E-state index in [1.165, 1.54) is 24.7 Å². The normalized spacial score (nSPS) is 18.3. The maximum atomic E-state index is 13.3. The fourth-order valence-corrected chi connectivity index (χ4v) is 5.38.